The highest BCUT2D eigenvalue weighted by atomic mass is 16.6. The lowest BCUT2D eigenvalue weighted by Crippen LogP contribution is -2.58. The Morgan fingerprint density at radius 1 is 0.457 bits per heavy atom. The van der Waals surface area contributed by atoms with Gasteiger partial charge in [0, 0.05) is 71.6 Å². The fraction of sp³-hybridized carbons (Fsp3) is 0.763. The summed E-state index contributed by atoms with van der Waals surface area (Å²) in [5, 5.41) is 19.2. The average Bonchev–Trinajstić information content (AvgIpc) is 3.38. The van der Waals surface area contributed by atoms with Crippen LogP contribution in [0.5, 0.6) is 0 Å². The molecule has 0 aliphatic heterocycles. The lowest BCUT2D eigenvalue weighted by molar-refractivity contribution is -0.145. The number of nitrogens with one attached hydrogen (secondary N) is 7. The second kappa shape index (κ2) is 47.9. The van der Waals surface area contributed by atoms with Crippen LogP contribution in [0.15, 0.2) is 30.3 Å². The van der Waals surface area contributed by atoms with Crippen molar-refractivity contribution in [2.75, 3.05) is 78.9 Å². The average molecular weight is 1150 g/mol. The second-order valence-electron chi connectivity index (χ2n) is 22.1. The van der Waals surface area contributed by atoms with Crippen LogP contribution in [0.3, 0.4) is 0 Å². The van der Waals surface area contributed by atoms with Crippen molar-refractivity contribution in [3.05, 3.63) is 35.9 Å². The molecule has 0 unspecified atom stereocenters. The molecule has 0 fully saturated rings. The Bertz CT molecular complexity index is 1780. The molecule has 0 aliphatic carbocycles. The Labute approximate surface area is 485 Å². The first-order valence-corrected chi connectivity index (χ1v) is 29.2. The summed E-state index contributed by atoms with van der Waals surface area (Å²) in [6, 6.07) is 9.65. The van der Waals surface area contributed by atoms with E-state index >= 15 is 0 Å². The number of rotatable bonds is 41. The largest absolute Gasteiger partial charge is 0.461 e. The number of hydrogen-bond donors (Lipinski definition) is 7. The zero-order valence-corrected chi connectivity index (χ0v) is 51.6. The number of hydrogen-bond acceptors (Lipinski definition) is 15. The van der Waals surface area contributed by atoms with E-state index in [1.54, 1.807) is 62.3 Å². The minimum absolute atomic E-state index is 0.0110. The van der Waals surface area contributed by atoms with Crippen molar-refractivity contribution in [2.24, 2.45) is 0 Å². The first-order valence-electron chi connectivity index (χ1n) is 29.2. The van der Waals surface area contributed by atoms with Gasteiger partial charge in [0.2, 0.25) is 24.1 Å². The number of ether oxygens (including phenoxy) is 7. The molecule has 22 nitrogen and oxygen atoms in total. The predicted octanol–water partition coefficient (Wildman–Crippen LogP) is 8.46. The Morgan fingerprint density at radius 3 is 1.25 bits per heavy atom. The van der Waals surface area contributed by atoms with E-state index in [9.17, 15) is 38.4 Å². The number of carbonyl (C=O) groups excluding carboxylic acids is 8. The van der Waals surface area contributed by atoms with E-state index in [1.165, 1.54) is 0 Å². The standard InChI is InChI=1S/C48H83N5O12.C9H18N2O3.C2H6/c1-8-32-60-36-48(37-61-33-26-40(54)49-28-20-30-51-44(58)64-46(2,3)4,38-62-34-27-41(55)50-29-21-31-52-45(59)65-47(5,6)7)53-42(56)24-18-13-11-9-10-12-14-19-25-43(57)63-35-39-22-16-15-17-23-39;1-9(2,3)14-8(13)11-6-4-5-10-7-12;1-2/h15-17,22-23H,8-14,18-21,24-38H2,1-7H3,(H,49,54)(H,50,55)(H,51,58)(H,52,59)(H,53,56);7H,4-6H2,1-3H3,(H,10,12)(H,11,13);1-2H3. The number of amides is 7. The number of benzene rings is 1. The fourth-order valence-electron chi connectivity index (χ4n) is 6.87. The van der Waals surface area contributed by atoms with Crippen LogP contribution in [0, 0.1) is 0 Å². The van der Waals surface area contributed by atoms with Crippen LogP contribution in [0.1, 0.15) is 191 Å². The van der Waals surface area contributed by atoms with Gasteiger partial charge in [0.25, 0.3) is 0 Å². The minimum Gasteiger partial charge on any atom is -0.461 e. The maximum Gasteiger partial charge on any atom is 0.407 e. The SMILES string of the molecule is CC.CC(C)(C)OC(=O)NCCCNC=O.CCCOCC(COCCC(=O)NCCCNC(=O)OC(C)(C)C)(COCCC(=O)NCCCNC(=O)OC(C)(C)C)NC(=O)CCCCCCCCCCC(=O)OCc1ccccc1. The fourth-order valence-corrected chi connectivity index (χ4v) is 6.87. The van der Waals surface area contributed by atoms with E-state index in [1.807, 2.05) is 51.1 Å². The molecule has 0 saturated heterocycles. The van der Waals surface area contributed by atoms with Gasteiger partial charge in [-0.25, -0.2) is 14.4 Å². The molecule has 1 aromatic rings. The number of carbonyl (C=O) groups is 8. The van der Waals surface area contributed by atoms with E-state index < -0.39 is 40.6 Å². The first kappa shape index (κ1) is 77.3. The maximum absolute atomic E-state index is 13.4. The molecule has 1 aromatic carbocycles. The van der Waals surface area contributed by atoms with Gasteiger partial charge in [0.1, 0.15) is 28.9 Å². The minimum atomic E-state index is -1.08. The Morgan fingerprint density at radius 2 is 0.840 bits per heavy atom. The van der Waals surface area contributed by atoms with Gasteiger partial charge in [0.05, 0.1) is 33.0 Å². The van der Waals surface area contributed by atoms with E-state index in [-0.39, 0.29) is 69.6 Å². The summed E-state index contributed by atoms with van der Waals surface area (Å²) >= 11 is 0. The van der Waals surface area contributed by atoms with Crippen molar-refractivity contribution >= 4 is 48.4 Å². The summed E-state index contributed by atoms with van der Waals surface area (Å²) in [6.07, 6.45) is 10.1. The van der Waals surface area contributed by atoms with Crippen LogP contribution in [0.4, 0.5) is 14.4 Å². The van der Waals surface area contributed by atoms with Crippen LogP contribution in [0.25, 0.3) is 0 Å². The van der Waals surface area contributed by atoms with Gasteiger partial charge in [-0.3, -0.25) is 24.0 Å². The van der Waals surface area contributed by atoms with Crippen molar-refractivity contribution in [1.82, 2.24) is 37.2 Å². The van der Waals surface area contributed by atoms with Crippen molar-refractivity contribution in [1.29, 1.82) is 0 Å². The summed E-state index contributed by atoms with van der Waals surface area (Å²) in [4.78, 5) is 95.2. The molecular weight excluding hydrogens is 1050 g/mol. The highest BCUT2D eigenvalue weighted by molar-refractivity contribution is 5.77. The Hall–Kier alpha value is -5.74. The van der Waals surface area contributed by atoms with Crippen LogP contribution < -0.4 is 37.2 Å². The molecule has 0 spiro atoms. The van der Waals surface area contributed by atoms with Gasteiger partial charge in [-0.15, -0.1) is 0 Å². The molecule has 7 N–H and O–H groups in total. The zero-order chi connectivity index (χ0) is 61.3. The highest BCUT2D eigenvalue weighted by Crippen LogP contribution is 2.15. The molecule has 0 aliphatic rings. The molecule has 0 saturated carbocycles. The molecule has 1 rings (SSSR count). The van der Waals surface area contributed by atoms with Crippen LogP contribution in [-0.4, -0.2) is 150 Å². The Balaban J connectivity index is 0. The smallest absolute Gasteiger partial charge is 0.407 e. The summed E-state index contributed by atoms with van der Waals surface area (Å²) in [6.45, 7) is 25.6. The number of esters is 1. The van der Waals surface area contributed by atoms with E-state index in [2.05, 4.69) is 37.2 Å². The third kappa shape index (κ3) is 53.3. The monoisotopic (exact) mass is 1150 g/mol. The van der Waals surface area contributed by atoms with Gasteiger partial charge in [0.15, 0.2) is 0 Å². The Kier molecular flexibility index (Phi) is 45.7. The van der Waals surface area contributed by atoms with Gasteiger partial charge >= 0.3 is 24.2 Å². The zero-order valence-electron chi connectivity index (χ0n) is 51.6. The summed E-state index contributed by atoms with van der Waals surface area (Å²) < 4.78 is 38.7. The normalized spacial score (nSPS) is 11.2. The lowest BCUT2D eigenvalue weighted by atomic mass is 10.0. The third-order valence-corrected chi connectivity index (χ3v) is 10.5. The van der Waals surface area contributed by atoms with Crippen molar-refractivity contribution in [3.63, 3.8) is 0 Å². The summed E-state index contributed by atoms with van der Waals surface area (Å²) in [5.41, 5.74) is -1.76. The predicted molar refractivity (Wildman–Crippen MR) is 313 cm³/mol. The van der Waals surface area contributed by atoms with Gasteiger partial charge < -0.3 is 70.4 Å². The summed E-state index contributed by atoms with van der Waals surface area (Å²) in [7, 11) is 0. The molecule has 0 bridgehead atoms. The maximum atomic E-state index is 13.4. The number of unbranched alkanes of at least 4 members (excludes halogenated alkanes) is 7. The third-order valence-electron chi connectivity index (χ3n) is 10.5. The molecule has 468 valence electrons. The second-order valence-corrected chi connectivity index (χ2v) is 22.1. The number of alkyl carbamates (subject to hydrolysis) is 3. The lowest BCUT2D eigenvalue weighted by Gasteiger charge is -2.34. The molecule has 7 amide bonds. The molecule has 0 radical (unpaired) electrons. The topological polar surface area (TPSA) is 285 Å². The molecule has 81 heavy (non-hydrogen) atoms. The van der Waals surface area contributed by atoms with Crippen molar-refractivity contribution in [2.45, 2.75) is 215 Å². The van der Waals surface area contributed by atoms with Crippen LogP contribution in [-0.2, 0) is 63.7 Å². The molecule has 22 heteroatoms. The van der Waals surface area contributed by atoms with Gasteiger partial charge in [-0.1, -0.05) is 89.6 Å². The molecule has 0 aromatic heterocycles. The van der Waals surface area contributed by atoms with Gasteiger partial charge in [-0.05, 0) is 106 Å². The van der Waals surface area contributed by atoms with Crippen LogP contribution in [0.2, 0.25) is 0 Å². The quantitative estimate of drug-likeness (QED) is 0.0140. The van der Waals surface area contributed by atoms with Crippen molar-refractivity contribution < 1.29 is 71.5 Å². The highest BCUT2D eigenvalue weighted by Gasteiger charge is 2.34. The van der Waals surface area contributed by atoms with Crippen molar-refractivity contribution in [3.8, 4) is 0 Å². The van der Waals surface area contributed by atoms with Gasteiger partial charge in [-0.2, -0.15) is 0 Å². The van der Waals surface area contributed by atoms with E-state index in [4.69, 9.17) is 33.2 Å². The van der Waals surface area contributed by atoms with E-state index in [0.29, 0.717) is 97.4 Å². The summed E-state index contributed by atoms with van der Waals surface area (Å²) in [5.74, 6) is -0.787. The molecule has 0 atom stereocenters. The van der Waals surface area contributed by atoms with Crippen LogP contribution >= 0.6 is 0 Å². The first-order chi connectivity index (χ1) is 38.4. The molecule has 0 heterocycles. The molecular formula is C59H107N7O15. The van der Waals surface area contributed by atoms with E-state index in [0.717, 1.165) is 56.9 Å².